The van der Waals surface area contributed by atoms with Crippen LogP contribution in [0.3, 0.4) is 0 Å². The molecule has 1 atom stereocenters. The zero-order valence-corrected chi connectivity index (χ0v) is 8.54. The maximum Gasteiger partial charge on any atom is 0.116 e. The van der Waals surface area contributed by atoms with Gasteiger partial charge in [-0.1, -0.05) is 13.8 Å². The maximum atomic E-state index is 6.07. The van der Waals surface area contributed by atoms with Crippen molar-refractivity contribution >= 4 is 0 Å². The van der Waals surface area contributed by atoms with Crippen LogP contribution in [0.15, 0.2) is 12.4 Å². The van der Waals surface area contributed by atoms with Crippen molar-refractivity contribution in [1.82, 2.24) is 9.97 Å². The fourth-order valence-corrected chi connectivity index (χ4v) is 1.08. The predicted molar refractivity (Wildman–Crippen MR) is 53.2 cm³/mol. The largest absolute Gasteiger partial charge is 0.320 e. The summed E-state index contributed by atoms with van der Waals surface area (Å²) in [6.07, 6.45) is 3.40. The van der Waals surface area contributed by atoms with Gasteiger partial charge in [-0.25, -0.2) is 9.97 Å². The molecule has 0 aliphatic carbocycles. The summed E-state index contributed by atoms with van der Waals surface area (Å²) in [7, 11) is 0. The van der Waals surface area contributed by atoms with Crippen LogP contribution in [-0.4, -0.2) is 9.97 Å². The van der Waals surface area contributed by atoms with Crippen molar-refractivity contribution < 1.29 is 0 Å². The highest BCUT2D eigenvalue weighted by atomic mass is 14.9. The van der Waals surface area contributed by atoms with E-state index in [1.165, 1.54) is 0 Å². The monoisotopic (exact) mass is 179 g/mol. The molecule has 0 bridgehead atoms. The molecule has 2 N–H and O–H groups in total. The highest BCUT2D eigenvalue weighted by molar-refractivity contribution is 5.15. The average Bonchev–Trinajstić information content (AvgIpc) is 2.18. The Hall–Kier alpha value is -0.960. The van der Waals surface area contributed by atoms with Crippen molar-refractivity contribution in [3.05, 3.63) is 23.8 Å². The summed E-state index contributed by atoms with van der Waals surface area (Å²) < 4.78 is 0. The van der Waals surface area contributed by atoms with Crippen molar-refractivity contribution in [2.45, 2.75) is 39.2 Å². The number of hydrogen-bond donors (Lipinski definition) is 1. The van der Waals surface area contributed by atoms with Gasteiger partial charge in [0.05, 0.1) is 11.2 Å². The molecular weight excluding hydrogens is 162 g/mol. The molecular formula is C10H17N3. The summed E-state index contributed by atoms with van der Waals surface area (Å²) >= 11 is 0. The van der Waals surface area contributed by atoms with Crippen molar-refractivity contribution in [1.29, 1.82) is 0 Å². The maximum absolute atomic E-state index is 6.07. The van der Waals surface area contributed by atoms with Crippen LogP contribution in [-0.2, 0) is 12.0 Å². The third-order valence-corrected chi connectivity index (χ3v) is 2.41. The van der Waals surface area contributed by atoms with Gasteiger partial charge in [-0.2, -0.15) is 0 Å². The van der Waals surface area contributed by atoms with Gasteiger partial charge in [-0.05, 0) is 25.8 Å². The van der Waals surface area contributed by atoms with E-state index in [4.69, 9.17) is 5.73 Å². The molecule has 0 saturated heterocycles. The minimum Gasteiger partial charge on any atom is -0.320 e. The van der Waals surface area contributed by atoms with Crippen LogP contribution < -0.4 is 5.73 Å². The number of hydrogen-bond acceptors (Lipinski definition) is 3. The number of nitrogens with zero attached hydrogens (tertiary/aromatic N) is 2. The van der Waals surface area contributed by atoms with Gasteiger partial charge in [0.2, 0.25) is 0 Å². The first-order valence-corrected chi connectivity index (χ1v) is 4.70. The van der Waals surface area contributed by atoms with Crippen molar-refractivity contribution in [3.8, 4) is 0 Å². The Balaban J connectivity index is 3.01. The van der Waals surface area contributed by atoms with E-state index in [1.54, 1.807) is 6.33 Å². The first-order chi connectivity index (χ1) is 6.10. The number of aromatic nitrogens is 2. The minimum absolute atomic E-state index is 0.327. The Morgan fingerprint density at radius 1 is 1.38 bits per heavy atom. The average molecular weight is 179 g/mol. The van der Waals surface area contributed by atoms with Gasteiger partial charge in [0.1, 0.15) is 6.33 Å². The van der Waals surface area contributed by atoms with E-state index in [2.05, 4.69) is 23.8 Å². The summed E-state index contributed by atoms with van der Waals surface area (Å²) in [5, 5.41) is 0. The second-order valence-corrected chi connectivity index (χ2v) is 3.52. The van der Waals surface area contributed by atoms with Crippen LogP contribution in [0.25, 0.3) is 0 Å². The normalized spacial score (nSPS) is 15.4. The summed E-state index contributed by atoms with van der Waals surface area (Å²) in [5.41, 5.74) is 7.73. The highest BCUT2D eigenvalue weighted by Crippen LogP contribution is 2.18. The topological polar surface area (TPSA) is 51.8 Å². The van der Waals surface area contributed by atoms with Crippen molar-refractivity contribution in [2.75, 3.05) is 0 Å². The Labute approximate surface area is 79.4 Å². The lowest BCUT2D eigenvalue weighted by Crippen LogP contribution is -2.33. The minimum atomic E-state index is -0.327. The van der Waals surface area contributed by atoms with Gasteiger partial charge in [-0.15, -0.1) is 0 Å². The number of rotatable bonds is 3. The van der Waals surface area contributed by atoms with Crippen LogP contribution in [0.5, 0.6) is 0 Å². The smallest absolute Gasteiger partial charge is 0.116 e. The van der Waals surface area contributed by atoms with Gasteiger partial charge in [0.25, 0.3) is 0 Å². The first kappa shape index (κ1) is 10.1. The molecule has 3 nitrogen and oxygen atoms in total. The van der Waals surface area contributed by atoms with E-state index in [-0.39, 0.29) is 5.54 Å². The van der Waals surface area contributed by atoms with Crippen molar-refractivity contribution in [3.63, 3.8) is 0 Å². The second kappa shape index (κ2) is 3.83. The van der Waals surface area contributed by atoms with E-state index in [9.17, 15) is 0 Å². The Kier molecular flexibility index (Phi) is 2.98. The first-order valence-electron chi connectivity index (χ1n) is 4.70. The molecule has 0 amide bonds. The Morgan fingerprint density at radius 2 is 2.08 bits per heavy atom. The van der Waals surface area contributed by atoms with Crippen LogP contribution >= 0.6 is 0 Å². The standard InChI is InChI=1S/C10H17N3/c1-4-8-6-9(13-7-12-8)10(3,11)5-2/h6-7H,4-5,11H2,1-3H3. The molecule has 1 aromatic heterocycles. The molecule has 13 heavy (non-hydrogen) atoms. The lowest BCUT2D eigenvalue weighted by molar-refractivity contribution is 0.459. The van der Waals surface area contributed by atoms with E-state index < -0.39 is 0 Å². The molecule has 3 heteroatoms. The van der Waals surface area contributed by atoms with Crippen LogP contribution in [0.4, 0.5) is 0 Å². The number of aryl methyl sites for hydroxylation is 1. The summed E-state index contributed by atoms with van der Waals surface area (Å²) in [4.78, 5) is 8.33. The van der Waals surface area contributed by atoms with E-state index in [1.807, 2.05) is 13.0 Å². The van der Waals surface area contributed by atoms with Crippen LogP contribution in [0, 0.1) is 0 Å². The van der Waals surface area contributed by atoms with E-state index in [0.717, 1.165) is 24.2 Å². The van der Waals surface area contributed by atoms with Crippen LogP contribution in [0.1, 0.15) is 38.6 Å². The Bertz CT molecular complexity index is 281. The number of nitrogens with two attached hydrogens (primary N) is 1. The highest BCUT2D eigenvalue weighted by Gasteiger charge is 2.20. The third kappa shape index (κ3) is 2.25. The zero-order valence-electron chi connectivity index (χ0n) is 8.54. The van der Waals surface area contributed by atoms with Gasteiger partial charge >= 0.3 is 0 Å². The fraction of sp³-hybridized carbons (Fsp3) is 0.600. The molecule has 72 valence electrons. The fourth-order valence-electron chi connectivity index (χ4n) is 1.08. The summed E-state index contributed by atoms with van der Waals surface area (Å²) in [6.45, 7) is 6.13. The zero-order chi connectivity index (χ0) is 9.90. The van der Waals surface area contributed by atoms with Crippen LogP contribution in [0.2, 0.25) is 0 Å². The molecule has 1 heterocycles. The molecule has 1 aromatic rings. The van der Waals surface area contributed by atoms with Gasteiger partial charge in [-0.3, -0.25) is 0 Å². The molecule has 0 saturated carbocycles. The summed E-state index contributed by atoms with van der Waals surface area (Å²) in [5.74, 6) is 0. The molecule has 1 rings (SSSR count). The van der Waals surface area contributed by atoms with Gasteiger partial charge in [0.15, 0.2) is 0 Å². The molecule has 1 unspecified atom stereocenters. The predicted octanol–water partition coefficient (Wildman–Crippen LogP) is 1.62. The lowest BCUT2D eigenvalue weighted by Gasteiger charge is -2.21. The van der Waals surface area contributed by atoms with Crippen molar-refractivity contribution in [2.24, 2.45) is 5.73 Å². The molecule has 0 fully saturated rings. The third-order valence-electron chi connectivity index (χ3n) is 2.41. The molecule has 0 aliphatic heterocycles. The SMILES string of the molecule is CCc1cc(C(C)(N)CC)ncn1. The van der Waals surface area contributed by atoms with Gasteiger partial charge < -0.3 is 5.73 Å². The van der Waals surface area contributed by atoms with E-state index >= 15 is 0 Å². The molecule has 0 spiro atoms. The quantitative estimate of drug-likeness (QED) is 0.767. The Morgan fingerprint density at radius 3 is 2.62 bits per heavy atom. The molecule has 0 aromatic carbocycles. The summed E-state index contributed by atoms with van der Waals surface area (Å²) in [6, 6.07) is 1.99. The second-order valence-electron chi connectivity index (χ2n) is 3.52. The molecule has 0 radical (unpaired) electrons. The van der Waals surface area contributed by atoms with Gasteiger partial charge in [0, 0.05) is 5.69 Å². The lowest BCUT2D eigenvalue weighted by atomic mass is 9.95. The molecule has 0 aliphatic rings. The van der Waals surface area contributed by atoms with E-state index in [0.29, 0.717) is 0 Å².